The molecule has 0 fully saturated rings. The standard InChI is InChI=1S/C17H22N4OS/c1-3-11(8-18)21-17(22)14-7-6-13(23-14)16-15-10(2)4-5-12(15)19-9-20-16/h6-7,9-11H,3-5,8,18H2,1-2H3,(H,21,22)/t10-,11?/m1/s1. The van der Waals surface area contributed by atoms with Gasteiger partial charge in [0, 0.05) is 23.8 Å². The zero-order valence-corrected chi connectivity index (χ0v) is 14.3. The quantitative estimate of drug-likeness (QED) is 0.883. The lowest BCUT2D eigenvalue weighted by Crippen LogP contribution is -2.39. The van der Waals surface area contributed by atoms with Crippen LogP contribution >= 0.6 is 11.3 Å². The first-order valence-electron chi connectivity index (χ1n) is 8.09. The fraction of sp³-hybridized carbons (Fsp3) is 0.471. The normalized spacial score (nSPS) is 17.8. The molecular formula is C17H22N4OS. The Kier molecular flexibility index (Phi) is 4.73. The highest BCUT2D eigenvalue weighted by Crippen LogP contribution is 2.39. The summed E-state index contributed by atoms with van der Waals surface area (Å²) in [6.07, 6.45) is 4.60. The number of aromatic nitrogens is 2. The van der Waals surface area contributed by atoms with Gasteiger partial charge in [0.25, 0.3) is 5.91 Å². The van der Waals surface area contributed by atoms with E-state index in [0.29, 0.717) is 17.3 Å². The van der Waals surface area contributed by atoms with Crippen LogP contribution in [-0.4, -0.2) is 28.5 Å². The smallest absolute Gasteiger partial charge is 0.261 e. The summed E-state index contributed by atoms with van der Waals surface area (Å²) in [7, 11) is 0. The minimum absolute atomic E-state index is 0.0244. The summed E-state index contributed by atoms with van der Waals surface area (Å²) >= 11 is 1.48. The predicted molar refractivity (Wildman–Crippen MR) is 92.7 cm³/mol. The van der Waals surface area contributed by atoms with Crippen molar-refractivity contribution in [1.29, 1.82) is 0 Å². The van der Waals surface area contributed by atoms with Crippen molar-refractivity contribution >= 4 is 17.2 Å². The average molecular weight is 330 g/mol. The molecule has 0 saturated heterocycles. The molecule has 2 aromatic rings. The van der Waals surface area contributed by atoms with E-state index in [1.165, 1.54) is 16.9 Å². The van der Waals surface area contributed by atoms with Gasteiger partial charge >= 0.3 is 0 Å². The molecule has 23 heavy (non-hydrogen) atoms. The van der Waals surface area contributed by atoms with Crippen LogP contribution in [0.5, 0.6) is 0 Å². The van der Waals surface area contributed by atoms with Crippen molar-refractivity contribution in [1.82, 2.24) is 15.3 Å². The zero-order chi connectivity index (χ0) is 16.4. The highest BCUT2D eigenvalue weighted by atomic mass is 32.1. The summed E-state index contributed by atoms with van der Waals surface area (Å²) in [5, 5.41) is 2.97. The number of hydrogen-bond donors (Lipinski definition) is 2. The van der Waals surface area contributed by atoms with Crippen molar-refractivity contribution in [2.75, 3.05) is 6.54 Å². The van der Waals surface area contributed by atoms with E-state index in [4.69, 9.17) is 5.73 Å². The topological polar surface area (TPSA) is 80.9 Å². The van der Waals surface area contributed by atoms with Crippen molar-refractivity contribution in [3.05, 3.63) is 34.6 Å². The molecule has 1 amide bonds. The van der Waals surface area contributed by atoms with Gasteiger partial charge in [-0.3, -0.25) is 4.79 Å². The van der Waals surface area contributed by atoms with Crippen molar-refractivity contribution < 1.29 is 4.79 Å². The Morgan fingerprint density at radius 3 is 3.04 bits per heavy atom. The van der Waals surface area contributed by atoms with Gasteiger partial charge in [-0.25, -0.2) is 9.97 Å². The van der Waals surface area contributed by atoms with Gasteiger partial charge in [0.15, 0.2) is 0 Å². The SMILES string of the molecule is CCC(CN)NC(=O)c1ccc(-c2ncnc3c2[C@H](C)CC3)s1. The summed E-state index contributed by atoms with van der Waals surface area (Å²) in [4.78, 5) is 22.9. The molecule has 6 heteroatoms. The Balaban J connectivity index is 1.86. The first-order valence-corrected chi connectivity index (χ1v) is 8.90. The molecule has 122 valence electrons. The first-order chi connectivity index (χ1) is 11.1. The monoisotopic (exact) mass is 330 g/mol. The number of nitrogens with one attached hydrogen (secondary N) is 1. The Hall–Kier alpha value is -1.79. The molecule has 1 aliphatic rings. The van der Waals surface area contributed by atoms with Crippen LogP contribution in [0.15, 0.2) is 18.5 Å². The molecule has 1 unspecified atom stereocenters. The molecule has 0 radical (unpaired) electrons. The molecule has 0 aromatic carbocycles. The van der Waals surface area contributed by atoms with E-state index in [9.17, 15) is 4.79 Å². The second kappa shape index (κ2) is 6.76. The second-order valence-corrected chi connectivity index (χ2v) is 7.08. The van der Waals surface area contributed by atoms with Crippen LogP contribution < -0.4 is 11.1 Å². The van der Waals surface area contributed by atoms with E-state index in [1.807, 2.05) is 19.1 Å². The Bertz CT molecular complexity index is 708. The second-order valence-electron chi connectivity index (χ2n) is 6.00. The van der Waals surface area contributed by atoms with Crippen LogP contribution in [0.25, 0.3) is 10.6 Å². The van der Waals surface area contributed by atoms with Gasteiger partial charge in [-0.1, -0.05) is 13.8 Å². The summed E-state index contributed by atoms with van der Waals surface area (Å²) in [5.41, 5.74) is 9.03. The Morgan fingerprint density at radius 2 is 2.30 bits per heavy atom. The number of carbonyl (C=O) groups is 1. The van der Waals surface area contributed by atoms with Gasteiger partial charge in [-0.05, 0) is 37.3 Å². The zero-order valence-electron chi connectivity index (χ0n) is 13.5. The largest absolute Gasteiger partial charge is 0.347 e. The molecule has 5 nitrogen and oxygen atoms in total. The number of nitrogens with two attached hydrogens (primary N) is 1. The van der Waals surface area contributed by atoms with E-state index >= 15 is 0 Å². The van der Waals surface area contributed by atoms with E-state index < -0.39 is 0 Å². The van der Waals surface area contributed by atoms with Gasteiger partial charge in [0.05, 0.1) is 15.4 Å². The minimum Gasteiger partial charge on any atom is -0.347 e. The first kappa shape index (κ1) is 16.1. The molecule has 1 aliphatic carbocycles. The lowest BCUT2D eigenvalue weighted by Gasteiger charge is -2.13. The summed E-state index contributed by atoms with van der Waals surface area (Å²) in [6.45, 7) is 4.69. The van der Waals surface area contributed by atoms with Crippen molar-refractivity contribution in [3.63, 3.8) is 0 Å². The number of aryl methyl sites for hydroxylation is 1. The van der Waals surface area contributed by atoms with Crippen molar-refractivity contribution in [2.45, 2.75) is 45.1 Å². The molecular weight excluding hydrogens is 308 g/mol. The fourth-order valence-corrected chi connectivity index (χ4v) is 3.93. The van der Waals surface area contributed by atoms with Crippen LogP contribution in [0.3, 0.4) is 0 Å². The van der Waals surface area contributed by atoms with E-state index in [0.717, 1.165) is 35.5 Å². The molecule has 2 atom stereocenters. The van der Waals surface area contributed by atoms with Gasteiger partial charge in [-0.15, -0.1) is 11.3 Å². The molecule has 3 N–H and O–H groups in total. The molecule has 2 heterocycles. The lowest BCUT2D eigenvalue weighted by atomic mass is 10.0. The van der Waals surface area contributed by atoms with Crippen LogP contribution in [0.1, 0.15) is 53.5 Å². The van der Waals surface area contributed by atoms with Gasteiger partial charge in [-0.2, -0.15) is 0 Å². The summed E-state index contributed by atoms with van der Waals surface area (Å²) < 4.78 is 0. The minimum atomic E-state index is -0.0581. The highest BCUT2D eigenvalue weighted by molar-refractivity contribution is 7.17. The lowest BCUT2D eigenvalue weighted by molar-refractivity contribution is 0.0941. The number of thiophene rings is 1. The summed E-state index contributed by atoms with van der Waals surface area (Å²) in [5.74, 6) is 0.416. The van der Waals surface area contributed by atoms with Crippen molar-refractivity contribution in [3.8, 4) is 10.6 Å². The third-order valence-corrected chi connectivity index (χ3v) is 5.54. The Morgan fingerprint density at radius 1 is 1.48 bits per heavy atom. The number of nitrogens with zero attached hydrogens (tertiary/aromatic N) is 2. The maximum atomic E-state index is 12.3. The molecule has 0 aliphatic heterocycles. The number of hydrogen-bond acceptors (Lipinski definition) is 5. The third-order valence-electron chi connectivity index (χ3n) is 4.45. The average Bonchev–Trinajstić information content (AvgIpc) is 3.20. The van der Waals surface area contributed by atoms with Gasteiger partial charge in [0.2, 0.25) is 0 Å². The van der Waals surface area contributed by atoms with Crippen LogP contribution in [0.2, 0.25) is 0 Å². The highest BCUT2D eigenvalue weighted by Gasteiger charge is 2.25. The molecule has 3 rings (SSSR count). The maximum Gasteiger partial charge on any atom is 0.261 e. The van der Waals surface area contributed by atoms with E-state index in [1.54, 1.807) is 6.33 Å². The predicted octanol–water partition coefficient (Wildman–Crippen LogP) is 2.72. The summed E-state index contributed by atoms with van der Waals surface area (Å²) in [6, 6.07) is 3.87. The van der Waals surface area contributed by atoms with Crippen LogP contribution in [0, 0.1) is 0 Å². The maximum absolute atomic E-state index is 12.3. The van der Waals surface area contributed by atoms with Crippen molar-refractivity contribution in [2.24, 2.45) is 5.73 Å². The number of amides is 1. The number of rotatable bonds is 5. The number of fused-ring (bicyclic) bond motifs is 1. The molecule has 0 bridgehead atoms. The third kappa shape index (κ3) is 3.14. The van der Waals surface area contributed by atoms with Crippen LogP contribution in [0.4, 0.5) is 0 Å². The molecule has 0 spiro atoms. The Labute approximate surface area is 140 Å². The fourth-order valence-electron chi connectivity index (χ4n) is 3.01. The van der Waals surface area contributed by atoms with E-state index in [-0.39, 0.29) is 11.9 Å². The van der Waals surface area contributed by atoms with Gasteiger partial charge < -0.3 is 11.1 Å². The van der Waals surface area contributed by atoms with Crippen LogP contribution in [-0.2, 0) is 6.42 Å². The van der Waals surface area contributed by atoms with E-state index in [2.05, 4.69) is 22.2 Å². The molecule has 2 aromatic heterocycles. The number of carbonyl (C=O) groups excluding carboxylic acids is 1. The van der Waals surface area contributed by atoms with Gasteiger partial charge in [0.1, 0.15) is 6.33 Å². The molecule has 0 saturated carbocycles.